The van der Waals surface area contributed by atoms with E-state index in [9.17, 15) is 5.11 Å². The topological polar surface area (TPSA) is 54.8 Å². The lowest BCUT2D eigenvalue weighted by molar-refractivity contribution is 0.0476. The van der Waals surface area contributed by atoms with Gasteiger partial charge >= 0.3 is 0 Å². The van der Waals surface area contributed by atoms with Gasteiger partial charge in [0.05, 0.1) is 11.1 Å². The van der Waals surface area contributed by atoms with E-state index in [1.807, 2.05) is 24.3 Å². The summed E-state index contributed by atoms with van der Waals surface area (Å²) in [4.78, 5) is 6.24. The van der Waals surface area contributed by atoms with Gasteiger partial charge in [0.1, 0.15) is 0 Å². The molecule has 0 aliphatic carbocycles. The number of nitrogens with zero attached hydrogens (tertiary/aromatic N) is 2. The van der Waals surface area contributed by atoms with Gasteiger partial charge < -0.3 is 14.6 Å². The first kappa shape index (κ1) is 15.7. The van der Waals surface area contributed by atoms with Crippen LogP contribution in [0.3, 0.4) is 0 Å². The molecule has 1 saturated heterocycles. The molecule has 1 aromatic heterocycles. The number of fused-ring (bicyclic) bond motifs is 1. The number of aromatic nitrogens is 1. The highest BCUT2D eigenvalue weighted by atomic mass is 35.5. The minimum absolute atomic E-state index is 0.115. The third kappa shape index (κ3) is 3.07. The summed E-state index contributed by atoms with van der Waals surface area (Å²) < 4.78 is 10.8. The fraction of sp³-hybridized carbons (Fsp3) is 0.389. The number of rotatable bonds is 3. The standard InChI is InChI=1S/C18H19ClN2O3/c19-15-8-20-5-3-13(15)9-21-6-4-14(16(22)10-21)12-1-2-17-18(7-12)24-11-23-17/h1-3,5,7-8,14,16,22H,4,6,9-11H2/t14-,16+/m0/s1. The van der Waals surface area contributed by atoms with E-state index < -0.39 is 6.10 Å². The van der Waals surface area contributed by atoms with Crippen LogP contribution in [0, 0.1) is 0 Å². The van der Waals surface area contributed by atoms with Crippen molar-refractivity contribution in [2.45, 2.75) is 25.0 Å². The Morgan fingerprint density at radius 3 is 2.96 bits per heavy atom. The van der Waals surface area contributed by atoms with Crippen LogP contribution in [0.4, 0.5) is 0 Å². The molecule has 0 saturated carbocycles. The van der Waals surface area contributed by atoms with Crippen LogP contribution in [0.5, 0.6) is 11.5 Å². The molecule has 2 aromatic rings. The first-order valence-corrected chi connectivity index (χ1v) is 8.47. The van der Waals surface area contributed by atoms with Crippen molar-refractivity contribution >= 4 is 11.6 Å². The number of ether oxygens (including phenoxy) is 2. The van der Waals surface area contributed by atoms with E-state index in [1.54, 1.807) is 12.4 Å². The van der Waals surface area contributed by atoms with Crippen molar-refractivity contribution in [3.8, 4) is 11.5 Å². The predicted octanol–water partition coefficient (Wildman–Crippen LogP) is 2.81. The number of hydrogen-bond donors (Lipinski definition) is 1. The van der Waals surface area contributed by atoms with Crippen molar-refractivity contribution in [3.63, 3.8) is 0 Å². The third-order valence-corrected chi connectivity index (χ3v) is 5.08. The monoisotopic (exact) mass is 346 g/mol. The zero-order valence-corrected chi connectivity index (χ0v) is 13.9. The maximum absolute atomic E-state index is 10.6. The molecule has 0 spiro atoms. The number of halogens is 1. The molecule has 0 bridgehead atoms. The van der Waals surface area contributed by atoms with Gasteiger partial charge in [-0.05, 0) is 42.3 Å². The van der Waals surface area contributed by atoms with Crippen molar-refractivity contribution < 1.29 is 14.6 Å². The van der Waals surface area contributed by atoms with Crippen molar-refractivity contribution in [1.29, 1.82) is 0 Å². The smallest absolute Gasteiger partial charge is 0.231 e. The zero-order valence-electron chi connectivity index (χ0n) is 13.2. The number of benzene rings is 1. The summed E-state index contributed by atoms with van der Waals surface area (Å²) in [5.41, 5.74) is 2.15. The van der Waals surface area contributed by atoms with E-state index in [0.29, 0.717) is 11.6 Å². The molecule has 6 heteroatoms. The molecule has 2 aliphatic heterocycles. The number of likely N-dealkylation sites (tertiary alicyclic amines) is 1. The molecule has 24 heavy (non-hydrogen) atoms. The minimum atomic E-state index is -0.417. The van der Waals surface area contributed by atoms with Crippen LogP contribution in [0.2, 0.25) is 5.02 Å². The van der Waals surface area contributed by atoms with Gasteiger partial charge in [-0.15, -0.1) is 0 Å². The van der Waals surface area contributed by atoms with Gasteiger partial charge in [-0.1, -0.05) is 17.7 Å². The number of piperidine rings is 1. The van der Waals surface area contributed by atoms with Gasteiger partial charge in [0, 0.05) is 31.4 Å². The Labute approximate surface area is 145 Å². The van der Waals surface area contributed by atoms with Crippen LogP contribution >= 0.6 is 11.6 Å². The third-order valence-electron chi connectivity index (χ3n) is 4.74. The van der Waals surface area contributed by atoms with E-state index in [1.165, 1.54) is 0 Å². The molecule has 3 heterocycles. The molecule has 1 N–H and O–H groups in total. The second-order valence-electron chi connectivity index (χ2n) is 6.28. The van der Waals surface area contributed by atoms with Crippen LogP contribution in [-0.4, -0.2) is 41.0 Å². The molecular weight excluding hydrogens is 328 g/mol. The maximum atomic E-state index is 10.6. The number of β-amino-alcohol motifs (C(OH)–C–C–N with tert-alkyl or cyclic N) is 1. The number of aliphatic hydroxyl groups excluding tert-OH is 1. The Balaban J connectivity index is 1.44. The molecule has 1 aromatic carbocycles. The summed E-state index contributed by atoms with van der Waals surface area (Å²) in [5, 5.41) is 11.3. The lowest BCUT2D eigenvalue weighted by Crippen LogP contribution is -2.42. The van der Waals surface area contributed by atoms with Crippen molar-refractivity contribution in [2.24, 2.45) is 0 Å². The second-order valence-corrected chi connectivity index (χ2v) is 6.68. The van der Waals surface area contributed by atoms with Crippen molar-refractivity contribution in [1.82, 2.24) is 9.88 Å². The van der Waals surface area contributed by atoms with Gasteiger partial charge in [-0.25, -0.2) is 0 Å². The highest BCUT2D eigenvalue weighted by molar-refractivity contribution is 6.31. The average molecular weight is 347 g/mol. The van der Waals surface area contributed by atoms with Gasteiger partial charge in [-0.2, -0.15) is 0 Å². The lowest BCUT2D eigenvalue weighted by Gasteiger charge is -2.36. The summed E-state index contributed by atoms with van der Waals surface area (Å²) >= 11 is 6.18. The van der Waals surface area contributed by atoms with Crippen LogP contribution < -0.4 is 9.47 Å². The van der Waals surface area contributed by atoms with Crippen LogP contribution in [0.15, 0.2) is 36.7 Å². The first-order valence-electron chi connectivity index (χ1n) is 8.09. The highest BCUT2D eigenvalue weighted by Gasteiger charge is 2.30. The Morgan fingerprint density at radius 1 is 1.25 bits per heavy atom. The Hall–Kier alpha value is -1.82. The van der Waals surface area contributed by atoms with Gasteiger partial charge in [0.25, 0.3) is 0 Å². The molecule has 4 rings (SSSR count). The number of pyridine rings is 1. The quantitative estimate of drug-likeness (QED) is 0.926. The molecule has 0 radical (unpaired) electrons. The van der Waals surface area contributed by atoms with Gasteiger partial charge in [-0.3, -0.25) is 9.88 Å². The lowest BCUT2D eigenvalue weighted by atomic mass is 9.87. The molecule has 0 amide bonds. The molecule has 2 aliphatic rings. The normalized spacial score (nSPS) is 23.4. The molecule has 5 nitrogen and oxygen atoms in total. The van der Waals surface area contributed by atoms with E-state index in [0.717, 1.165) is 42.1 Å². The highest BCUT2D eigenvalue weighted by Crippen LogP contribution is 2.37. The molecule has 1 fully saturated rings. The summed E-state index contributed by atoms with van der Waals surface area (Å²) in [6, 6.07) is 7.87. The average Bonchev–Trinajstić information content (AvgIpc) is 3.05. The van der Waals surface area contributed by atoms with Crippen molar-refractivity contribution in [3.05, 3.63) is 52.8 Å². The maximum Gasteiger partial charge on any atom is 0.231 e. The first-order chi connectivity index (χ1) is 11.7. The van der Waals surface area contributed by atoms with E-state index in [-0.39, 0.29) is 12.7 Å². The Kier molecular flexibility index (Phi) is 4.31. The predicted molar refractivity (Wildman–Crippen MR) is 90.5 cm³/mol. The molecular formula is C18H19ClN2O3. The van der Waals surface area contributed by atoms with E-state index >= 15 is 0 Å². The van der Waals surface area contributed by atoms with Gasteiger partial charge in [0.2, 0.25) is 6.79 Å². The molecule has 0 unspecified atom stereocenters. The van der Waals surface area contributed by atoms with E-state index in [4.69, 9.17) is 21.1 Å². The summed E-state index contributed by atoms with van der Waals surface area (Å²) in [7, 11) is 0. The second kappa shape index (κ2) is 6.59. The van der Waals surface area contributed by atoms with Crippen LogP contribution in [0.25, 0.3) is 0 Å². The summed E-state index contributed by atoms with van der Waals surface area (Å²) in [5.74, 6) is 1.66. The molecule has 126 valence electrons. The van der Waals surface area contributed by atoms with E-state index in [2.05, 4.69) is 9.88 Å². The van der Waals surface area contributed by atoms with Gasteiger partial charge in [0.15, 0.2) is 11.5 Å². The Bertz CT molecular complexity index is 740. The molecule has 2 atom stereocenters. The summed E-state index contributed by atoms with van der Waals surface area (Å²) in [6.45, 7) is 2.53. The van der Waals surface area contributed by atoms with Crippen LogP contribution in [0.1, 0.15) is 23.5 Å². The summed E-state index contributed by atoms with van der Waals surface area (Å²) in [6.07, 6.45) is 3.88. The minimum Gasteiger partial charge on any atom is -0.454 e. The fourth-order valence-corrected chi connectivity index (χ4v) is 3.63. The fourth-order valence-electron chi connectivity index (χ4n) is 3.45. The largest absolute Gasteiger partial charge is 0.454 e. The zero-order chi connectivity index (χ0) is 16.5. The van der Waals surface area contributed by atoms with Crippen LogP contribution in [-0.2, 0) is 6.54 Å². The number of aliphatic hydroxyl groups is 1. The van der Waals surface area contributed by atoms with Crippen molar-refractivity contribution in [2.75, 3.05) is 19.9 Å². The Morgan fingerprint density at radius 2 is 2.12 bits per heavy atom. The SMILES string of the molecule is O[C@@H]1CN(Cc2ccncc2Cl)CC[C@H]1c1ccc2c(c1)OCO2. The number of hydrogen-bond acceptors (Lipinski definition) is 5.